The highest BCUT2D eigenvalue weighted by molar-refractivity contribution is 7.89. The standard InChI is InChI=1S/C13H20N2O4S/c1-8-7-11(14)10(3)13(9(8)2)20(17,18)15-6-5-12(16)19-4/h7,15H,5-6,14H2,1-4H3. The monoisotopic (exact) mass is 300 g/mol. The normalized spacial score (nSPS) is 11.4. The number of methoxy groups -OCH3 is 1. The summed E-state index contributed by atoms with van der Waals surface area (Å²) in [6.07, 6.45) is -0.0187. The molecule has 1 aromatic carbocycles. The minimum atomic E-state index is -3.71. The Morgan fingerprint density at radius 2 is 1.90 bits per heavy atom. The van der Waals surface area contributed by atoms with Gasteiger partial charge in [-0.15, -0.1) is 0 Å². The number of ether oxygens (including phenoxy) is 1. The first-order valence-corrected chi connectivity index (χ1v) is 7.61. The number of rotatable bonds is 5. The van der Waals surface area contributed by atoms with Crippen LogP contribution in [0.1, 0.15) is 23.1 Å². The molecule has 0 radical (unpaired) electrons. The molecule has 6 nitrogen and oxygen atoms in total. The Hall–Kier alpha value is -1.60. The molecule has 7 heteroatoms. The van der Waals surface area contributed by atoms with E-state index in [1.165, 1.54) is 7.11 Å². The maximum atomic E-state index is 12.3. The number of carbonyl (C=O) groups excluding carboxylic acids is 1. The van der Waals surface area contributed by atoms with Crippen molar-refractivity contribution < 1.29 is 17.9 Å². The van der Waals surface area contributed by atoms with Crippen LogP contribution >= 0.6 is 0 Å². The van der Waals surface area contributed by atoms with Crippen molar-refractivity contribution in [3.05, 3.63) is 22.8 Å². The van der Waals surface area contributed by atoms with Gasteiger partial charge in [0.15, 0.2) is 0 Å². The number of carbonyl (C=O) groups is 1. The molecule has 0 saturated heterocycles. The van der Waals surface area contributed by atoms with Crippen LogP contribution in [0.3, 0.4) is 0 Å². The molecule has 0 amide bonds. The summed E-state index contributed by atoms with van der Waals surface area (Å²) >= 11 is 0. The van der Waals surface area contributed by atoms with E-state index in [2.05, 4.69) is 9.46 Å². The van der Waals surface area contributed by atoms with Gasteiger partial charge >= 0.3 is 5.97 Å². The minimum Gasteiger partial charge on any atom is -0.469 e. The number of nitrogens with two attached hydrogens (primary N) is 1. The molecule has 112 valence electrons. The van der Waals surface area contributed by atoms with E-state index in [1.807, 2.05) is 0 Å². The lowest BCUT2D eigenvalue weighted by molar-refractivity contribution is -0.140. The van der Waals surface area contributed by atoms with Gasteiger partial charge in [-0.25, -0.2) is 13.1 Å². The molecule has 20 heavy (non-hydrogen) atoms. The smallest absolute Gasteiger partial charge is 0.306 e. The van der Waals surface area contributed by atoms with Crippen LogP contribution in [-0.2, 0) is 19.6 Å². The number of benzene rings is 1. The molecule has 0 aliphatic rings. The van der Waals surface area contributed by atoms with Crippen LogP contribution in [0.25, 0.3) is 0 Å². The van der Waals surface area contributed by atoms with Crippen molar-refractivity contribution in [2.24, 2.45) is 0 Å². The van der Waals surface area contributed by atoms with Crippen molar-refractivity contribution >= 4 is 21.7 Å². The van der Waals surface area contributed by atoms with Gasteiger partial charge in [-0.2, -0.15) is 0 Å². The van der Waals surface area contributed by atoms with E-state index in [-0.39, 0.29) is 17.9 Å². The average molecular weight is 300 g/mol. The summed E-state index contributed by atoms with van der Waals surface area (Å²) in [5, 5.41) is 0. The van der Waals surface area contributed by atoms with Crippen LogP contribution in [0.15, 0.2) is 11.0 Å². The third-order valence-corrected chi connectivity index (χ3v) is 4.93. The molecule has 0 fully saturated rings. The second-order valence-corrected chi connectivity index (χ2v) is 6.29. The molecule has 1 aromatic rings. The van der Waals surface area contributed by atoms with Crippen LogP contribution in [-0.4, -0.2) is 28.0 Å². The zero-order valence-corrected chi connectivity index (χ0v) is 12.9. The average Bonchev–Trinajstić information content (AvgIpc) is 2.36. The Bertz CT molecular complexity index is 597. The molecule has 0 aliphatic carbocycles. The molecule has 0 aliphatic heterocycles. The molecular weight excluding hydrogens is 280 g/mol. The quantitative estimate of drug-likeness (QED) is 0.625. The Kier molecular flexibility index (Phi) is 5.13. The van der Waals surface area contributed by atoms with Gasteiger partial charge < -0.3 is 10.5 Å². The van der Waals surface area contributed by atoms with Crippen molar-refractivity contribution in [3.8, 4) is 0 Å². The van der Waals surface area contributed by atoms with Crippen molar-refractivity contribution in [1.29, 1.82) is 0 Å². The molecule has 0 aromatic heterocycles. The number of aryl methyl sites for hydroxylation is 1. The highest BCUT2D eigenvalue weighted by atomic mass is 32.2. The predicted molar refractivity (Wildman–Crippen MR) is 76.9 cm³/mol. The molecule has 0 saturated carbocycles. The third kappa shape index (κ3) is 3.49. The fourth-order valence-electron chi connectivity index (χ4n) is 1.91. The first-order valence-electron chi connectivity index (χ1n) is 6.13. The van der Waals surface area contributed by atoms with Gasteiger partial charge in [-0.1, -0.05) is 0 Å². The minimum absolute atomic E-state index is 0.0122. The molecule has 3 N–H and O–H groups in total. The third-order valence-electron chi connectivity index (χ3n) is 3.20. The fraction of sp³-hybridized carbons (Fsp3) is 0.462. The highest BCUT2D eigenvalue weighted by Gasteiger charge is 2.22. The topological polar surface area (TPSA) is 98.5 Å². The SMILES string of the molecule is COC(=O)CCNS(=O)(=O)c1c(C)c(C)cc(N)c1C. The van der Waals surface area contributed by atoms with E-state index in [9.17, 15) is 13.2 Å². The Morgan fingerprint density at radius 1 is 1.30 bits per heavy atom. The zero-order chi connectivity index (χ0) is 15.5. The van der Waals surface area contributed by atoms with Crippen molar-refractivity contribution in [1.82, 2.24) is 4.72 Å². The summed E-state index contributed by atoms with van der Waals surface area (Å²) in [5.41, 5.74) is 8.23. The number of nitrogen functional groups attached to an aromatic ring is 1. The lowest BCUT2D eigenvalue weighted by atomic mass is 10.1. The Morgan fingerprint density at radius 3 is 2.45 bits per heavy atom. The number of sulfonamides is 1. The summed E-state index contributed by atoms with van der Waals surface area (Å²) in [7, 11) is -2.45. The maximum absolute atomic E-state index is 12.3. The summed E-state index contributed by atoms with van der Waals surface area (Å²) in [6, 6.07) is 1.75. The van der Waals surface area contributed by atoms with Gasteiger partial charge in [-0.3, -0.25) is 4.79 Å². The number of hydrogen-bond donors (Lipinski definition) is 2. The first-order chi connectivity index (χ1) is 9.20. The van der Waals surface area contributed by atoms with Crippen LogP contribution in [0, 0.1) is 20.8 Å². The first kappa shape index (κ1) is 16.5. The van der Waals surface area contributed by atoms with Crippen molar-refractivity contribution in [3.63, 3.8) is 0 Å². The van der Waals surface area contributed by atoms with E-state index in [0.29, 0.717) is 16.8 Å². The molecule has 1 rings (SSSR count). The lowest BCUT2D eigenvalue weighted by Crippen LogP contribution is -2.28. The molecule has 0 heterocycles. The number of hydrogen-bond acceptors (Lipinski definition) is 5. The van der Waals surface area contributed by atoms with Crippen molar-refractivity contribution in [2.75, 3.05) is 19.4 Å². The van der Waals surface area contributed by atoms with E-state index in [0.717, 1.165) is 5.56 Å². The van der Waals surface area contributed by atoms with E-state index in [1.54, 1.807) is 26.8 Å². The summed E-state index contributed by atoms with van der Waals surface area (Å²) < 4.78 is 31.5. The summed E-state index contributed by atoms with van der Waals surface area (Å²) in [4.78, 5) is 11.2. The van der Waals surface area contributed by atoms with Gasteiger partial charge in [-0.05, 0) is 43.5 Å². The molecular formula is C13H20N2O4S. The second kappa shape index (κ2) is 6.23. The molecule has 0 unspecified atom stereocenters. The van der Waals surface area contributed by atoms with Gasteiger partial charge in [0.05, 0.1) is 18.4 Å². The van der Waals surface area contributed by atoms with Gasteiger partial charge in [0.2, 0.25) is 10.0 Å². The largest absolute Gasteiger partial charge is 0.469 e. The maximum Gasteiger partial charge on any atom is 0.306 e. The summed E-state index contributed by atoms with van der Waals surface area (Å²) in [6.45, 7) is 5.19. The van der Waals surface area contributed by atoms with Crippen LogP contribution in [0.5, 0.6) is 0 Å². The Labute approximate surface area is 119 Å². The Balaban J connectivity index is 3.07. The van der Waals surface area contributed by atoms with Gasteiger partial charge in [0.25, 0.3) is 0 Å². The van der Waals surface area contributed by atoms with Crippen molar-refractivity contribution in [2.45, 2.75) is 32.1 Å². The summed E-state index contributed by atoms with van der Waals surface area (Å²) in [5.74, 6) is -0.468. The number of esters is 1. The molecule has 0 atom stereocenters. The number of nitrogens with one attached hydrogen (secondary N) is 1. The second-order valence-electron chi connectivity index (χ2n) is 4.59. The lowest BCUT2D eigenvalue weighted by Gasteiger charge is -2.15. The van der Waals surface area contributed by atoms with E-state index < -0.39 is 16.0 Å². The molecule has 0 bridgehead atoms. The van der Waals surface area contributed by atoms with Gasteiger partial charge in [0, 0.05) is 12.2 Å². The van der Waals surface area contributed by atoms with Crippen LogP contribution in [0.4, 0.5) is 5.69 Å². The zero-order valence-electron chi connectivity index (χ0n) is 12.1. The molecule has 0 spiro atoms. The fourth-order valence-corrected chi connectivity index (χ4v) is 3.51. The van der Waals surface area contributed by atoms with Crippen LogP contribution in [0.2, 0.25) is 0 Å². The number of anilines is 1. The van der Waals surface area contributed by atoms with Gasteiger partial charge in [0.1, 0.15) is 0 Å². The highest BCUT2D eigenvalue weighted by Crippen LogP contribution is 2.27. The predicted octanol–water partition coefficient (Wildman–Crippen LogP) is 1.04. The van der Waals surface area contributed by atoms with Crippen LogP contribution < -0.4 is 10.5 Å². The van der Waals surface area contributed by atoms with E-state index in [4.69, 9.17) is 5.73 Å². The van der Waals surface area contributed by atoms with E-state index >= 15 is 0 Å².